The van der Waals surface area contributed by atoms with Crippen LogP contribution < -0.4 is 10.2 Å². The molecule has 0 bridgehead atoms. The van der Waals surface area contributed by atoms with E-state index in [1.165, 1.54) is 0 Å². The van der Waals surface area contributed by atoms with Gasteiger partial charge in [0.2, 0.25) is 5.91 Å². The highest BCUT2D eigenvalue weighted by atomic mass is 35.5. The summed E-state index contributed by atoms with van der Waals surface area (Å²) in [4.78, 5) is 27.0. The van der Waals surface area contributed by atoms with E-state index in [2.05, 4.69) is 10.5 Å². The Morgan fingerprint density at radius 2 is 1.69 bits per heavy atom. The van der Waals surface area contributed by atoms with Gasteiger partial charge < -0.3 is 9.64 Å². The Hall–Kier alpha value is -4.07. The molecule has 1 N–H and O–H groups in total. The molecule has 1 heterocycles. The van der Waals surface area contributed by atoms with Crippen molar-refractivity contribution in [1.82, 2.24) is 10.3 Å². The molecule has 2 amide bonds. The maximum absolute atomic E-state index is 12.6. The number of hydrazone groups is 1. The predicted molar refractivity (Wildman–Crippen MR) is 156 cm³/mol. The summed E-state index contributed by atoms with van der Waals surface area (Å²) in [5.41, 5.74) is 6.86. The first-order valence-corrected chi connectivity index (χ1v) is 13.8. The third-order valence-electron chi connectivity index (χ3n) is 6.23. The molecule has 1 aliphatic rings. The quantitative estimate of drug-likeness (QED) is 0.190. The van der Waals surface area contributed by atoms with Gasteiger partial charge in [0.05, 0.1) is 12.0 Å². The molecular weight excluding hydrogens is 530 g/mol. The Kier molecular flexibility index (Phi) is 8.61. The topological polar surface area (TPSA) is 71.0 Å². The Labute approximate surface area is 236 Å². The maximum atomic E-state index is 12.6. The van der Waals surface area contributed by atoms with E-state index in [0.717, 1.165) is 22.3 Å². The van der Waals surface area contributed by atoms with Crippen molar-refractivity contribution in [2.24, 2.45) is 5.10 Å². The van der Waals surface area contributed by atoms with Gasteiger partial charge >= 0.3 is 0 Å². The molecule has 0 aromatic heterocycles. The average Bonchev–Trinajstić information content (AvgIpc) is 3.33. The zero-order valence-electron chi connectivity index (χ0n) is 21.0. The molecule has 196 valence electrons. The van der Waals surface area contributed by atoms with Gasteiger partial charge in [0.1, 0.15) is 17.7 Å². The SMILES string of the molecule is O=C(N/N=C\c1ccc(OCc2ccccc2Cl)cc1)c1ccc([C@@H]2SCC(=O)N2Cc2ccccc2)cc1. The van der Waals surface area contributed by atoms with Crippen LogP contribution in [0.5, 0.6) is 5.75 Å². The van der Waals surface area contributed by atoms with Crippen molar-refractivity contribution in [3.8, 4) is 5.75 Å². The highest BCUT2D eigenvalue weighted by Crippen LogP contribution is 2.39. The normalized spacial score (nSPS) is 15.1. The van der Waals surface area contributed by atoms with Gasteiger partial charge in [0, 0.05) is 22.7 Å². The highest BCUT2D eigenvalue weighted by Gasteiger charge is 2.32. The van der Waals surface area contributed by atoms with Gasteiger partial charge in [0.15, 0.2) is 0 Å². The minimum Gasteiger partial charge on any atom is -0.489 e. The number of amides is 2. The van der Waals surface area contributed by atoms with Crippen LogP contribution in [-0.4, -0.2) is 28.7 Å². The average molecular weight is 556 g/mol. The van der Waals surface area contributed by atoms with Crippen LogP contribution in [0.3, 0.4) is 0 Å². The van der Waals surface area contributed by atoms with Crippen LogP contribution in [-0.2, 0) is 17.9 Å². The number of nitrogens with one attached hydrogen (secondary N) is 1. The number of carbonyl (C=O) groups is 2. The number of nitrogens with zero attached hydrogens (tertiary/aromatic N) is 2. The van der Waals surface area contributed by atoms with E-state index in [1.807, 2.05) is 95.9 Å². The lowest BCUT2D eigenvalue weighted by atomic mass is 10.1. The molecule has 6 nitrogen and oxygen atoms in total. The highest BCUT2D eigenvalue weighted by molar-refractivity contribution is 8.00. The number of hydrogen-bond acceptors (Lipinski definition) is 5. The molecule has 0 radical (unpaired) electrons. The van der Waals surface area contributed by atoms with Crippen molar-refractivity contribution in [3.63, 3.8) is 0 Å². The number of benzene rings is 4. The molecule has 1 fully saturated rings. The molecule has 39 heavy (non-hydrogen) atoms. The molecule has 0 aliphatic carbocycles. The van der Waals surface area contributed by atoms with Crippen LogP contribution in [0.15, 0.2) is 108 Å². The molecule has 5 rings (SSSR count). The summed E-state index contributed by atoms with van der Waals surface area (Å²) in [5.74, 6) is 0.961. The van der Waals surface area contributed by atoms with Crippen LogP contribution in [0.1, 0.15) is 38.0 Å². The fourth-order valence-corrected chi connectivity index (χ4v) is 5.52. The van der Waals surface area contributed by atoms with E-state index in [4.69, 9.17) is 16.3 Å². The Morgan fingerprint density at radius 3 is 2.44 bits per heavy atom. The van der Waals surface area contributed by atoms with Crippen molar-refractivity contribution < 1.29 is 14.3 Å². The summed E-state index contributed by atoms with van der Waals surface area (Å²) in [6, 6.07) is 32.2. The number of rotatable bonds is 9. The third kappa shape index (κ3) is 6.88. The summed E-state index contributed by atoms with van der Waals surface area (Å²) >= 11 is 7.77. The Balaban J connectivity index is 1.14. The van der Waals surface area contributed by atoms with Gasteiger partial charge in [-0.2, -0.15) is 5.10 Å². The molecular formula is C31H26ClN3O3S. The minimum absolute atomic E-state index is 0.0792. The lowest BCUT2D eigenvalue weighted by Crippen LogP contribution is -2.27. The zero-order valence-corrected chi connectivity index (χ0v) is 22.6. The van der Waals surface area contributed by atoms with Crippen molar-refractivity contribution in [2.75, 3.05) is 5.75 Å². The lowest BCUT2D eigenvalue weighted by molar-refractivity contribution is -0.128. The maximum Gasteiger partial charge on any atom is 0.271 e. The lowest BCUT2D eigenvalue weighted by Gasteiger charge is -2.24. The summed E-state index contributed by atoms with van der Waals surface area (Å²) in [7, 11) is 0. The number of hydrogen-bond donors (Lipinski definition) is 1. The standard InChI is InChI=1S/C31H26ClN3O3S/c32-28-9-5-4-8-26(28)20-38-27-16-10-22(11-17-27)18-33-34-30(37)24-12-14-25(15-13-24)31-35(29(36)21-39-31)19-23-6-2-1-3-7-23/h1-18,31H,19-21H2,(H,34,37)/b33-18-/t31-/m0/s1. The van der Waals surface area contributed by atoms with Crippen LogP contribution in [0.4, 0.5) is 0 Å². The Morgan fingerprint density at radius 1 is 0.974 bits per heavy atom. The van der Waals surface area contributed by atoms with Gasteiger partial charge in [-0.1, -0.05) is 72.3 Å². The first kappa shape index (κ1) is 26.5. The van der Waals surface area contributed by atoms with Gasteiger partial charge in [-0.15, -0.1) is 11.8 Å². The van der Waals surface area contributed by atoms with Gasteiger partial charge in [-0.05, 0) is 59.2 Å². The van der Waals surface area contributed by atoms with E-state index < -0.39 is 0 Å². The first-order valence-electron chi connectivity index (χ1n) is 12.4. The molecule has 8 heteroatoms. The summed E-state index contributed by atoms with van der Waals surface area (Å²) in [5, 5.41) is 4.67. The largest absolute Gasteiger partial charge is 0.489 e. The number of halogens is 1. The monoisotopic (exact) mass is 555 g/mol. The van der Waals surface area contributed by atoms with E-state index in [1.54, 1.807) is 30.1 Å². The second kappa shape index (κ2) is 12.7. The molecule has 1 atom stereocenters. The summed E-state index contributed by atoms with van der Waals surface area (Å²) in [6.45, 7) is 0.936. The van der Waals surface area contributed by atoms with E-state index in [0.29, 0.717) is 35.2 Å². The van der Waals surface area contributed by atoms with Crippen LogP contribution in [0, 0.1) is 0 Å². The fourth-order valence-electron chi connectivity index (χ4n) is 4.14. The van der Waals surface area contributed by atoms with Crippen LogP contribution >= 0.6 is 23.4 Å². The Bertz CT molecular complexity index is 1460. The van der Waals surface area contributed by atoms with Crippen LogP contribution in [0.2, 0.25) is 5.02 Å². The first-order chi connectivity index (χ1) is 19.1. The molecule has 0 saturated carbocycles. The van der Waals surface area contributed by atoms with Crippen LogP contribution in [0.25, 0.3) is 0 Å². The molecule has 4 aromatic carbocycles. The molecule has 0 unspecified atom stereocenters. The van der Waals surface area contributed by atoms with Gasteiger partial charge in [-0.3, -0.25) is 9.59 Å². The number of ether oxygens (including phenoxy) is 1. The van der Waals surface area contributed by atoms with E-state index in [9.17, 15) is 9.59 Å². The summed E-state index contributed by atoms with van der Waals surface area (Å²) in [6.07, 6.45) is 1.58. The minimum atomic E-state index is -0.311. The third-order valence-corrected chi connectivity index (χ3v) is 7.86. The number of thioether (sulfide) groups is 1. The molecule has 1 aliphatic heterocycles. The number of carbonyl (C=O) groups excluding carboxylic acids is 2. The van der Waals surface area contributed by atoms with Crippen molar-refractivity contribution in [1.29, 1.82) is 0 Å². The van der Waals surface area contributed by atoms with E-state index in [-0.39, 0.29) is 17.2 Å². The molecule has 4 aromatic rings. The summed E-state index contributed by atoms with van der Waals surface area (Å²) < 4.78 is 5.80. The van der Waals surface area contributed by atoms with E-state index >= 15 is 0 Å². The van der Waals surface area contributed by atoms with Gasteiger partial charge in [0.25, 0.3) is 5.91 Å². The zero-order chi connectivity index (χ0) is 27.0. The fraction of sp³-hybridized carbons (Fsp3) is 0.129. The second-order valence-corrected chi connectivity index (χ2v) is 10.4. The molecule has 0 spiro atoms. The van der Waals surface area contributed by atoms with Crippen molar-refractivity contribution in [2.45, 2.75) is 18.5 Å². The smallest absolute Gasteiger partial charge is 0.271 e. The van der Waals surface area contributed by atoms with Crippen molar-refractivity contribution in [3.05, 3.63) is 136 Å². The second-order valence-electron chi connectivity index (χ2n) is 8.94. The van der Waals surface area contributed by atoms with Gasteiger partial charge in [-0.25, -0.2) is 5.43 Å². The molecule has 1 saturated heterocycles. The predicted octanol–water partition coefficient (Wildman–Crippen LogP) is 6.46. The van der Waals surface area contributed by atoms with Crippen molar-refractivity contribution >= 4 is 41.4 Å².